The van der Waals surface area contributed by atoms with Gasteiger partial charge in [0.2, 0.25) is 16.9 Å². The Morgan fingerprint density at radius 1 is 0.917 bits per heavy atom. The quantitative estimate of drug-likeness (QED) is 0.154. The number of morpholine rings is 1. The number of hydrogen-bond donors (Lipinski definition) is 2. The van der Waals surface area contributed by atoms with Gasteiger partial charge in [0, 0.05) is 38.9 Å². The summed E-state index contributed by atoms with van der Waals surface area (Å²) in [7, 11) is 1.57. The Labute approximate surface area is 284 Å². The third kappa shape index (κ3) is 11.0. The average Bonchev–Trinajstić information content (AvgIpc) is 3.56. The summed E-state index contributed by atoms with van der Waals surface area (Å²) >= 11 is 1.33. The SMILES string of the molecule is COc1cccc(C(CC(=O)CCN2CCOCC2)C(=O)Nc2nnc(CCCCc3ccc(NC(=O)Cc4ccccc4)nn3)s2)c1. The standard InChI is InChI=1S/C35H41N7O5S/c1-46-29-12-7-10-26(23-29)30(24-28(43)16-17-42-18-20-47-21-19-42)34(45)37-35-41-40-33(48-35)13-6-5-11-27-14-15-31(39-38-27)36-32(44)22-25-8-3-2-4-9-25/h2-4,7-10,12,14-15,23,30H,5-6,11,13,16-22,24H2,1H3,(H,36,39,44)(H,37,41,45). The molecule has 0 spiro atoms. The summed E-state index contributed by atoms with van der Waals surface area (Å²) in [4.78, 5) is 41.0. The maximum absolute atomic E-state index is 13.5. The van der Waals surface area contributed by atoms with Gasteiger partial charge in [0.1, 0.15) is 16.5 Å². The first-order valence-corrected chi connectivity index (χ1v) is 17.0. The first-order chi connectivity index (χ1) is 23.4. The van der Waals surface area contributed by atoms with Crippen LogP contribution in [0.2, 0.25) is 0 Å². The second-order valence-corrected chi connectivity index (χ2v) is 12.7. The fourth-order valence-electron chi connectivity index (χ4n) is 5.37. The molecule has 2 amide bonds. The van der Waals surface area contributed by atoms with Gasteiger partial charge in [-0.2, -0.15) is 5.10 Å². The number of methoxy groups -OCH3 is 1. The molecule has 1 aliphatic rings. The van der Waals surface area contributed by atoms with E-state index in [-0.39, 0.29) is 30.4 Å². The molecule has 252 valence electrons. The number of anilines is 2. The lowest BCUT2D eigenvalue weighted by Gasteiger charge is -2.26. The molecular formula is C35H41N7O5S. The molecule has 13 heteroatoms. The summed E-state index contributed by atoms with van der Waals surface area (Å²) < 4.78 is 10.8. The number of rotatable bonds is 17. The fourth-order valence-corrected chi connectivity index (χ4v) is 6.15. The second-order valence-electron chi connectivity index (χ2n) is 11.6. The molecule has 2 aromatic heterocycles. The highest BCUT2D eigenvalue weighted by Gasteiger charge is 2.26. The predicted molar refractivity (Wildman–Crippen MR) is 183 cm³/mol. The van der Waals surface area contributed by atoms with Crippen LogP contribution in [0.25, 0.3) is 0 Å². The fraction of sp³-hybridized carbons (Fsp3) is 0.400. The zero-order valence-electron chi connectivity index (χ0n) is 27.1. The van der Waals surface area contributed by atoms with Crippen molar-refractivity contribution in [2.45, 2.75) is 50.9 Å². The molecular weight excluding hydrogens is 630 g/mol. The van der Waals surface area contributed by atoms with Gasteiger partial charge >= 0.3 is 0 Å². The van der Waals surface area contributed by atoms with Crippen LogP contribution < -0.4 is 15.4 Å². The van der Waals surface area contributed by atoms with Crippen LogP contribution >= 0.6 is 11.3 Å². The number of hydrogen-bond acceptors (Lipinski definition) is 11. The summed E-state index contributed by atoms with van der Waals surface area (Å²) in [5.41, 5.74) is 2.48. The van der Waals surface area contributed by atoms with E-state index in [1.165, 1.54) is 11.3 Å². The highest BCUT2D eigenvalue weighted by molar-refractivity contribution is 7.15. The maximum atomic E-state index is 13.5. The lowest BCUT2D eigenvalue weighted by Crippen LogP contribution is -2.37. The Morgan fingerprint density at radius 3 is 2.50 bits per heavy atom. The van der Waals surface area contributed by atoms with Crippen LogP contribution in [0.4, 0.5) is 10.9 Å². The third-order valence-electron chi connectivity index (χ3n) is 8.02. The highest BCUT2D eigenvalue weighted by atomic mass is 32.1. The Balaban J connectivity index is 1.08. The van der Waals surface area contributed by atoms with E-state index in [0.717, 1.165) is 48.6 Å². The number of carbonyl (C=O) groups is 3. The van der Waals surface area contributed by atoms with Crippen molar-refractivity contribution in [3.63, 3.8) is 0 Å². The number of nitrogens with one attached hydrogen (secondary N) is 2. The van der Waals surface area contributed by atoms with Gasteiger partial charge in [-0.1, -0.05) is 53.8 Å². The van der Waals surface area contributed by atoms with Crippen molar-refractivity contribution in [2.24, 2.45) is 0 Å². The summed E-state index contributed by atoms with van der Waals surface area (Å²) in [5.74, 6) is -0.0570. The van der Waals surface area contributed by atoms with Gasteiger partial charge in [0.05, 0.1) is 38.4 Å². The van der Waals surface area contributed by atoms with Crippen LogP contribution in [0, 0.1) is 0 Å². The molecule has 0 bridgehead atoms. The molecule has 0 aliphatic carbocycles. The van der Waals surface area contributed by atoms with Crippen LogP contribution in [0.1, 0.15) is 53.4 Å². The molecule has 3 heterocycles. The minimum atomic E-state index is -0.686. The Kier molecular flexibility index (Phi) is 13.1. The molecule has 5 rings (SSSR count). The molecule has 1 fully saturated rings. The van der Waals surface area contributed by atoms with E-state index in [4.69, 9.17) is 9.47 Å². The number of ether oxygens (including phenoxy) is 2. The van der Waals surface area contributed by atoms with Crippen molar-refractivity contribution in [1.82, 2.24) is 25.3 Å². The van der Waals surface area contributed by atoms with E-state index in [9.17, 15) is 14.4 Å². The van der Waals surface area contributed by atoms with Crippen LogP contribution in [-0.4, -0.2) is 82.9 Å². The lowest BCUT2D eigenvalue weighted by molar-refractivity contribution is -0.124. The molecule has 4 aromatic rings. The molecule has 1 aliphatic heterocycles. The molecule has 1 atom stereocenters. The number of ketones is 1. The normalized spacial score (nSPS) is 13.9. The molecule has 1 saturated heterocycles. The van der Waals surface area contributed by atoms with Crippen molar-refractivity contribution >= 4 is 39.9 Å². The summed E-state index contributed by atoms with van der Waals surface area (Å²) in [6.45, 7) is 3.62. The smallest absolute Gasteiger partial charge is 0.234 e. The van der Waals surface area contributed by atoms with Gasteiger partial charge in [0.25, 0.3) is 0 Å². The number of aromatic nitrogens is 4. The Hall–Kier alpha value is -4.59. The van der Waals surface area contributed by atoms with Crippen molar-refractivity contribution in [2.75, 3.05) is 50.6 Å². The van der Waals surface area contributed by atoms with Crippen molar-refractivity contribution in [1.29, 1.82) is 0 Å². The van der Waals surface area contributed by atoms with E-state index >= 15 is 0 Å². The zero-order valence-corrected chi connectivity index (χ0v) is 27.9. The number of amides is 2. The van der Waals surface area contributed by atoms with Crippen molar-refractivity contribution in [3.8, 4) is 5.75 Å². The number of aryl methyl sites for hydroxylation is 2. The van der Waals surface area contributed by atoms with Gasteiger partial charge < -0.3 is 14.8 Å². The van der Waals surface area contributed by atoms with E-state index < -0.39 is 5.92 Å². The van der Waals surface area contributed by atoms with Gasteiger partial charge in [-0.3, -0.25) is 24.6 Å². The molecule has 2 aromatic carbocycles. The van der Waals surface area contributed by atoms with Gasteiger partial charge in [0.15, 0.2) is 5.82 Å². The van der Waals surface area contributed by atoms with E-state index in [2.05, 4.69) is 35.9 Å². The number of benzene rings is 2. The molecule has 12 nitrogen and oxygen atoms in total. The lowest BCUT2D eigenvalue weighted by atomic mass is 9.91. The minimum absolute atomic E-state index is 0.0227. The first kappa shape index (κ1) is 34.7. The third-order valence-corrected chi connectivity index (χ3v) is 8.92. The Bertz CT molecular complexity index is 1630. The monoisotopic (exact) mass is 671 g/mol. The highest BCUT2D eigenvalue weighted by Crippen LogP contribution is 2.27. The van der Waals surface area contributed by atoms with Crippen molar-refractivity contribution in [3.05, 3.63) is 88.6 Å². The zero-order chi connectivity index (χ0) is 33.6. The van der Waals surface area contributed by atoms with Crippen LogP contribution in [0.15, 0.2) is 66.7 Å². The molecule has 2 N–H and O–H groups in total. The van der Waals surface area contributed by atoms with E-state index in [0.29, 0.717) is 54.9 Å². The predicted octanol–water partition coefficient (Wildman–Crippen LogP) is 4.49. The topological polar surface area (TPSA) is 149 Å². The molecule has 1 unspecified atom stereocenters. The molecule has 0 radical (unpaired) electrons. The number of Topliss-reactive ketones (excluding diaryl/α,β-unsaturated/α-hetero) is 1. The number of unbranched alkanes of at least 4 members (excludes halogenated alkanes) is 1. The summed E-state index contributed by atoms with van der Waals surface area (Å²) in [5, 5.41) is 23.8. The van der Waals surface area contributed by atoms with Crippen molar-refractivity contribution < 1.29 is 23.9 Å². The largest absolute Gasteiger partial charge is 0.497 e. The molecule has 48 heavy (non-hydrogen) atoms. The van der Waals surface area contributed by atoms with Gasteiger partial charge in [-0.25, -0.2) is 0 Å². The number of carbonyl (C=O) groups excluding carboxylic acids is 3. The maximum Gasteiger partial charge on any atom is 0.234 e. The second kappa shape index (κ2) is 18.1. The van der Waals surface area contributed by atoms with Crippen LogP contribution in [0.5, 0.6) is 5.75 Å². The van der Waals surface area contributed by atoms with E-state index in [1.807, 2.05) is 54.6 Å². The van der Waals surface area contributed by atoms with Crippen LogP contribution in [0.3, 0.4) is 0 Å². The average molecular weight is 672 g/mol. The first-order valence-electron chi connectivity index (χ1n) is 16.2. The minimum Gasteiger partial charge on any atom is -0.497 e. The van der Waals surface area contributed by atoms with Crippen LogP contribution in [-0.2, 0) is 38.4 Å². The summed E-state index contributed by atoms with van der Waals surface area (Å²) in [6, 6.07) is 20.4. The summed E-state index contributed by atoms with van der Waals surface area (Å²) in [6.07, 6.45) is 3.88. The van der Waals surface area contributed by atoms with E-state index in [1.54, 1.807) is 19.2 Å². The van der Waals surface area contributed by atoms with Gasteiger partial charge in [-0.15, -0.1) is 15.3 Å². The molecule has 0 saturated carbocycles. The number of nitrogens with zero attached hydrogens (tertiary/aromatic N) is 5. The Morgan fingerprint density at radius 2 is 1.73 bits per heavy atom. The van der Waals surface area contributed by atoms with Gasteiger partial charge in [-0.05, 0) is 54.7 Å².